The van der Waals surface area contributed by atoms with Crippen LogP contribution in [-0.4, -0.2) is 22.0 Å². The monoisotopic (exact) mass is 236 g/mol. The van der Waals surface area contributed by atoms with Gasteiger partial charge >= 0.3 is 0 Å². The van der Waals surface area contributed by atoms with Crippen LogP contribution in [0, 0.1) is 6.92 Å². The SMILES string of the molecule is CCn1nc(C)c(Cl)c1CC(=O)C(F)F. The summed E-state index contributed by atoms with van der Waals surface area (Å²) in [6.07, 6.45) is -3.33. The minimum absolute atomic E-state index is 0.297. The van der Waals surface area contributed by atoms with Crippen LogP contribution in [0.2, 0.25) is 5.02 Å². The molecule has 0 aromatic carbocycles. The van der Waals surface area contributed by atoms with Crippen LogP contribution in [0.5, 0.6) is 0 Å². The third-order valence-electron chi connectivity index (χ3n) is 2.04. The molecule has 1 aromatic rings. The molecule has 1 aromatic heterocycles. The fraction of sp³-hybridized carbons (Fsp3) is 0.556. The second-order valence-electron chi connectivity index (χ2n) is 3.11. The van der Waals surface area contributed by atoms with Crippen LogP contribution in [0.3, 0.4) is 0 Å². The first-order chi connectivity index (χ1) is 6.97. The third-order valence-corrected chi connectivity index (χ3v) is 2.53. The summed E-state index contributed by atoms with van der Waals surface area (Å²) < 4.78 is 25.6. The first kappa shape index (κ1) is 12.1. The van der Waals surface area contributed by atoms with E-state index in [1.165, 1.54) is 4.68 Å². The zero-order chi connectivity index (χ0) is 11.6. The second-order valence-corrected chi connectivity index (χ2v) is 3.48. The van der Waals surface area contributed by atoms with E-state index in [0.717, 1.165) is 0 Å². The molecule has 0 amide bonds. The standard InChI is InChI=1S/C9H11ClF2N2O/c1-3-14-6(4-7(15)9(11)12)8(10)5(2)13-14/h9H,3-4H2,1-2H3. The van der Waals surface area contributed by atoms with Crippen molar-refractivity contribution in [1.29, 1.82) is 0 Å². The van der Waals surface area contributed by atoms with Crippen molar-refractivity contribution < 1.29 is 13.6 Å². The molecule has 0 radical (unpaired) electrons. The van der Waals surface area contributed by atoms with Crippen molar-refractivity contribution in [3.8, 4) is 0 Å². The lowest BCUT2D eigenvalue weighted by atomic mass is 10.2. The highest BCUT2D eigenvalue weighted by molar-refractivity contribution is 6.32. The van der Waals surface area contributed by atoms with Gasteiger partial charge in [0.1, 0.15) is 0 Å². The molecular weight excluding hydrogens is 226 g/mol. The van der Waals surface area contributed by atoms with E-state index in [4.69, 9.17) is 11.6 Å². The Morgan fingerprint density at radius 2 is 2.20 bits per heavy atom. The van der Waals surface area contributed by atoms with Crippen LogP contribution in [0.4, 0.5) is 8.78 Å². The summed E-state index contributed by atoms with van der Waals surface area (Å²) in [6, 6.07) is 0. The Morgan fingerprint density at radius 3 is 2.67 bits per heavy atom. The van der Waals surface area contributed by atoms with Gasteiger partial charge in [0.25, 0.3) is 6.43 Å². The summed E-state index contributed by atoms with van der Waals surface area (Å²) in [6.45, 7) is 3.98. The molecule has 1 heterocycles. The molecule has 0 saturated carbocycles. The fourth-order valence-corrected chi connectivity index (χ4v) is 1.48. The van der Waals surface area contributed by atoms with Crippen LogP contribution >= 0.6 is 11.6 Å². The molecule has 0 aliphatic carbocycles. The number of aromatic nitrogens is 2. The lowest BCUT2D eigenvalue weighted by molar-refractivity contribution is -0.128. The molecule has 15 heavy (non-hydrogen) atoms. The van der Waals surface area contributed by atoms with Crippen molar-refractivity contribution in [2.24, 2.45) is 0 Å². The minimum Gasteiger partial charge on any atom is -0.293 e. The van der Waals surface area contributed by atoms with E-state index in [0.29, 0.717) is 23.0 Å². The molecule has 0 atom stereocenters. The molecule has 0 saturated heterocycles. The van der Waals surface area contributed by atoms with Crippen molar-refractivity contribution in [2.45, 2.75) is 33.2 Å². The quantitative estimate of drug-likeness (QED) is 0.804. The van der Waals surface area contributed by atoms with Crippen molar-refractivity contribution in [1.82, 2.24) is 9.78 Å². The summed E-state index contributed by atoms with van der Waals surface area (Å²) in [5.74, 6) is -1.13. The maximum absolute atomic E-state index is 12.1. The molecule has 3 nitrogen and oxygen atoms in total. The van der Waals surface area contributed by atoms with Gasteiger partial charge in [-0.15, -0.1) is 0 Å². The molecule has 1 rings (SSSR count). The zero-order valence-electron chi connectivity index (χ0n) is 8.43. The van der Waals surface area contributed by atoms with E-state index in [-0.39, 0.29) is 6.42 Å². The van der Waals surface area contributed by atoms with E-state index in [9.17, 15) is 13.6 Å². The number of carbonyl (C=O) groups is 1. The summed E-state index contributed by atoms with van der Waals surface area (Å²) >= 11 is 5.86. The molecule has 0 fully saturated rings. The lowest BCUT2D eigenvalue weighted by Crippen LogP contribution is -2.16. The van der Waals surface area contributed by atoms with E-state index in [2.05, 4.69) is 5.10 Å². The van der Waals surface area contributed by atoms with Crippen LogP contribution in [-0.2, 0) is 17.8 Å². The molecule has 0 spiro atoms. The Morgan fingerprint density at radius 1 is 1.60 bits per heavy atom. The summed E-state index contributed by atoms with van der Waals surface area (Å²) in [5, 5.41) is 4.33. The molecule has 0 aliphatic heterocycles. The molecule has 0 unspecified atom stereocenters. The van der Waals surface area contributed by atoms with Gasteiger partial charge in [-0.05, 0) is 13.8 Å². The average molecular weight is 237 g/mol. The molecular formula is C9H11ClF2N2O. The molecule has 6 heteroatoms. The highest BCUT2D eigenvalue weighted by Gasteiger charge is 2.21. The van der Waals surface area contributed by atoms with E-state index in [1.807, 2.05) is 0 Å². The number of nitrogens with zero attached hydrogens (tertiary/aromatic N) is 2. The van der Waals surface area contributed by atoms with Gasteiger partial charge in [-0.2, -0.15) is 5.10 Å². The topological polar surface area (TPSA) is 34.9 Å². The summed E-state index contributed by atoms with van der Waals surface area (Å²) in [5.41, 5.74) is 0.914. The maximum atomic E-state index is 12.1. The number of aryl methyl sites for hydroxylation is 2. The smallest absolute Gasteiger partial charge is 0.293 e. The summed E-state index contributed by atoms with van der Waals surface area (Å²) in [7, 11) is 0. The average Bonchev–Trinajstić information content (AvgIpc) is 2.45. The van der Waals surface area contributed by atoms with Crippen molar-refractivity contribution >= 4 is 17.4 Å². The number of carbonyl (C=O) groups excluding carboxylic acids is 1. The van der Waals surface area contributed by atoms with Gasteiger partial charge in [-0.25, -0.2) is 8.78 Å². The Kier molecular flexibility index (Phi) is 3.79. The Bertz CT molecular complexity index is 376. The third kappa shape index (κ3) is 2.53. The molecule has 0 bridgehead atoms. The number of alkyl halides is 2. The highest BCUT2D eigenvalue weighted by Crippen LogP contribution is 2.21. The number of ketones is 1. The number of hydrogen-bond donors (Lipinski definition) is 0. The number of hydrogen-bond acceptors (Lipinski definition) is 2. The van der Waals surface area contributed by atoms with E-state index < -0.39 is 12.2 Å². The maximum Gasteiger partial charge on any atom is 0.296 e. The molecule has 84 valence electrons. The number of halogens is 3. The highest BCUT2D eigenvalue weighted by atomic mass is 35.5. The second kappa shape index (κ2) is 4.70. The Hall–Kier alpha value is -0.970. The van der Waals surface area contributed by atoms with Crippen LogP contribution in [0.25, 0.3) is 0 Å². The first-order valence-corrected chi connectivity index (χ1v) is 4.87. The lowest BCUT2D eigenvalue weighted by Gasteiger charge is -2.03. The van der Waals surface area contributed by atoms with Crippen LogP contribution in [0.15, 0.2) is 0 Å². The van der Waals surface area contributed by atoms with Crippen molar-refractivity contribution in [3.63, 3.8) is 0 Å². The van der Waals surface area contributed by atoms with E-state index in [1.54, 1.807) is 13.8 Å². The molecule has 0 aliphatic rings. The molecule has 0 N–H and O–H groups in total. The predicted octanol–water partition coefficient (Wildman–Crippen LogP) is 2.24. The summed E-state index contributed by atoms with van der Waals surface area (Å²) in [4.78, 5) is 10.9. The van der Waals surface area contributed by atoms with Gasteiger partial charge in [0.05, 0.1) is 22.8 Å². The van der Waals surface area contributed by atoms with E-state index >= 15 is 0 Å². The fourth-order valence-electron chi connectivity index (χ4n) is 1.28. The number of rotatable bonds is 4. The van der Waals surface area contributed by atoms with Crippen LogP contribution in [0.1, 0.15) is 18.3 Å². The zero-order valence-corrected chi connectivity index (χ0v) is 9.18. The number of Topliss-reactive ketones (excluding diaryl/α,β-unsaturated/α-hetero) is 1. The minimum atomic E-state index is -2.96. The van der Waals surface area contributed by atoms with Gasteiger partial charge in [0, 0.05) is 6.54 Å². The van der Waals surface area contributed by atoms with Gasteiger partial charge in [0.15, 0.2) is 0 Å². The van der Waals surface area contributed by atoms with Crippen molar-refractivity contribution in [3.05, 3.63) is 16.4 Å². The van der Waals surface area contributed by atoms with Gasteiger partial charge in [-0.1, -0.05) is 11.6 Å². The van der Waals surface area contributed by atoms with Crippen LogP contribution < -0.4 is 0 Å². The largest absolute Gasteiger partial charge is 0.296 e. The Labute approximate surface area is 91.0 Å². The van der Waals surface area contributed by atoms with Gasteiger partial charge in [-0.3, -0.25) is 9.48 Å². The van der Waals surface area contributed by atoms with Gasteiger partial charge in [0.2, 0.25) is 5.78 Å². The Balaban J connectivity index is 2.97. The first-order valence-electron chi connectivity index (χ1n) is 4.50. The predicted molar refractivity (Wildman–Crippen MR) is 52.4 cm³/mol. The normalized spacial score (nSPS) is 11.1. The van der Waals surface area contributed by atoms with Crippen molar-refractivity contribution in [2.75, 3.05) is 0 Å². The van der Waals surface area contributed by atoms with Gasteiger partial charge < -0.3 is 0 Å².